The topological polar surface area (TPSA) is 0 Å². The minimum absolute atomic E-state index is 0.0834. The van der Waals surface area contributed by atoms with Crippen LogP contribution in [0.5, 0.6) is 0 Å². The van der Waals surface area contributed by atoms with Crippen molar-refractivity contribution in [2.24, 2.45) is 0 Å². The Morgan fingerprint density at radius 2 is 1.57 bits per heavy atom. The molecule has 0 saturated heterocycles. The molecule has 0 aliphatic heterocycles. The summed E-state index contributed by atoms with van der Waals surface area (Å²) in [5.41, 5.74) is 7.13. The monoisotopic (exact) mass is 318 g/mol. The Hall–Kier alpha value is -1.86. The van der Waals surface area contributed by atoms with Crippen LogP contribution in [0.1, 0.15) is 49.6 Å². The van der Waals surface area contributed by atoms with E-state index in [1.807, 2.05) is 11.3 Å². The maximum atomic E-state index is 2.41. The van der Waals surface area contributed by atoms with Gasteiger partial charge in [-0.1, -0.05) is 64.1 Å². The molecule has 0 unspecified atom stereocenters. The Bertz CT molecular complexity index is 880. The van der Waals surface area contributed by atoms with Crippen molar-refractivity contribution in [1.29, 1.82) is 0 Å². The lowest BCUT2D eigenvalue weighted by Crippen LogP contribution is -2.14. The second kappa shape index (κ2) is 5.07. The van der Waals surface area contributed by atoms with Crippen molar-refractivity contribution in [3.63, 3.8) is 0 Å². The first-order valence-electron chi connectivity index (χ1n) is 8.33. The predicted molar refractivity (Wildman–Crippen MR) is 101 cm³/mol. The van der Waals surface area contributed by atoms with Crippen molar-refractivity contribution in [1.82, 2.24) is 0 Å². The predicted octanol–water partition coefficient (Wildman–Crippen LogP) is 6.84. The number of rotatable bonds is 2. The third-order valence-electron chi connectivity index (χ3n) is 5.06. The lowest BCUT2D eigenvalue weighted by Gasteiger charge is -2.21. The Balaban J connectivity index is 1.85. The highest BCUT2D eigenvalue weighted by Gasteiger charge is 2.35. The highest BCUT2D eigenvalue weighted by Crippen LogP contribution is 2.49. The molecule has 0 N–H and O–H groups in total. The number of benzene rings is 2. The molecule has 1 aliphatic carbocycles. The fraction of sp³-hybridized carbons (Fsp3) is 0.273. The number of hydrogen-bond acceptors (Lipinski definition) is 1. The van der Waals surface area contributed by atoms with Gasteiger partial charge in [-0.25, -0.2) is 0 Å². The molecule has 1 aliphatic rings. The van der Waals surface area contributed by atoms with Gasteiger partial charge in [0.05, 0.1) is 0 Å². The van der Waals surface area contributed by atoms with Crippen LogP contribution in [0.2, 0.25) is 0 Å². The zero-order valence-corrected chi connectivity index (χ0v) is 15.0. The van der Waals surface area contributed by atoms with Crippen LogP contribution >= 0.6 is 11.3 Å². The maximum Gasteiger partial charge on any atom is 0.0345 e. The number of hydrogen-bond donors (Lipinski definition) is 0. The van der Waals surface area contributed by atoms with Gasteiger partial charge in [0, 0.05) is 15.2 Å². The summed E-state index contributed by atoms with van der Waals surface area (Å²) in [6, 6.07) is 20.4. The SMILES string of the molecule is CC(C)c1ccc(-c2ccc3c(c2)C(C)(C)c2ccccc2-3)s1. The van der Waals surface area contributed by atoms with Gasteiger partial charge in [-0.2, -0.15) is 0 Å². The highest BCUT2D eigenvalue weighted by molar-refractivity contribution is 7.15. The molecule has 3 aromatic rings. The highest BCUT2D eigenvalue weighted by atomic mass is 32.1. The van der Waals surface area contributed by atoms with Gasteiger partial charge in [0.25, 0.3) is 0 Å². The average molecular weight is 318 g/mol. The van der Waals surface area contributed by atoms with Gasteiger partial charge >= 0.3 is 0 Å². The summed E-state index contributed by atoms with van der Waals surface area (Å²) in [5, 5.41) is 0. The molecule has 1 aromatic heterocycles. The second-order valence-electron chi connectivity index (χ2n) is 7.29. The fourth-order valence-corrected chi connectivity index (χ4v) is 4.68. The van der Waals surface area contributed by atoms with Gasteiger partial charge < -0.3 is 0 Å². The Morgan fingerprint density at radius 1 is 0.826 bits per heavy atom. The van der Waals surface area contributed by atoms with Crippen molar-refractivity contribution in [2.45, 2.75) is 39.0 Å². The molecule has 0 saturated carbocycles. The first kappa shape index (κ1) is 14.7. The molecule has 2 aromatic carbocycles. The Morgan fingerprint density at radius 3 is 2.30 bits per heavy atom. The van der Waals surface area contributed by atoms with E-state index in [1.54, 1.807) is 0 Å². The van der Waals surface area contributed by atoms with E-state index in [1.165, 1.54) is 37.6 Å². The summed E-state index contributed by atoms with van der Waals surface area (Å²) >= 11 is 1.92. The minimum Gasteiger partial charge on any atom is -0.140 e. The maximum absolute atomic E-state index is 2.41. The molecule has 4 rings (SSSR count). The van der Waals surface area contributed by atoms with Gasteiger partial charge in [-0.05, 0) is 51.9 Å². The van der Waals surface area contributed by atoms with Gasteiger partial charge in [-0.3, -0.25) is 0 Å². The van der Waals surface area contributed by atoms with Crippen LogP contribution in [-0.4, -0.2) is 0 Å². The standard InChI is InChI=1S/C22H22S/c1-14(2)20-11-12-21(23-20)15-9-10-17-16-7-5-6-8-18(16)22(3,4)19(17)13-15/h5-14H,1-4H3. The first-order chi connectivity index (χ1) is 11.0. The number of thiophene rings is 1. The molecule has 0 bridgehead atoms. The van der Waals surface area contributed by atoms with E-state index < -0.39 is 0 Å². The van der Waals surface area contributed by atoms with Gasteiger partial charge in [0.15, 0.2) is 0 Å². The summed E-state index contributed by atoms with van der Waals surface area (Å²) < 4.78 is 0. The zero-order chi connectivity index (χ0) is 16.2. The third-order valence-corrected chi connectivity index (χ3v) is 6.50. The van der Waals surface area contributed by atoms with Crippen LogP contribution in [0.3, 0.4) is 0 Å². The molecular formula is C22H22S. The van der Waals surface area contributed by atoms with E-state index in [0.717, 1.165) is 0 Å². The molecule has 23 heavy (non-hydrogen) atoms. The van der Waals surface area contributed by atoms with Gasteiger partial charge in [0.2, 0.25) is 0 Å². The molecule has 0 fully saturated rings. The Kier molecular flexibility index (Phi) is 3.24. The van der Waals surface area contributed by atoms with Crippen LogP contribution in [0.4, 0.5) is 0 Å². The molecule has 116 valence electrons. The molecule has 0 radical (unpaired) electrons. The van der Waals surface area contributed by atoms with Crippen molar-refractivity contribution in [3.05, 3.63) is 70.6 Å². The average Bonchev–Trinajstić information content (AvgIpc) is 3.11. The van der Waals surface area contributed by atoms with Crippen molar-refractivity contribution in [2.75, 3.05) is 0 Å². The van der Waals surface area contributed by atoms with E-state index in [0.29, 0.717) is 5.92 Å². The molecular weight excluding hydrogens is 296 g/mol. The van der Waals surface area contributed by atoms with Crippen LogP contribution in [0.25, 0.3) is 21.6 Å². The molecule has 0 amide bonds. The summed E-state index contributed by atoms with van der Waals surface area (Å²) in [5.74, 6) is 0.601. The first-order valence-corrected chi connectivity index (χ1v) is 9.14. The van der Waals surface area contributed by atoms with Gasteiger partial charge in [-0.15, -0.1) is 11.3 Å². The lowest BCUT2D eigenvalue weighted by atomic mass is 9.82. The van der Waals surface area contributed by atoms with Crippen molar-refractivity contribution in [3.8, 4) is 21.6 Å². The van der Waals surface area contributed by atoms with E-state index >= 15 is 0 Å². The van der Waals surface area contributed by atoms with Crippen molar-refractivity contribution >= 4 is 11.3 Å². The second-order valence-corrected chi connectivity index (χ2v) is 8.40. The van der Waals surface area contributed by atoms with E-state index in [2.05, 4.69) is 82.3 Å². The van der Waals surface area contributed by atoms with Crippen LogP contribution in [-0.2, 0) is 5.41 Å². The van der Waals surface area contributed by atoms with Gasteiger partial charge in [0.1, 0.15) is 0 Å². The van der Waals surface area contributed by atoms with E-state index in [9.17, 15) is 0 Å². The Labute approximate surface area is 142 Å². The summed E-state index contributed by atoms with van der Waals surface area (Å²) in [4.78, 5) is 2.84. The summed E-state index contributed by atoms with van der Waals surface area (Å²) in [6.07, 6.45) is 0. The zero-order valence-electron chi connectivity index (χ0n) is 14.2. The molecule has 0 nitrogen and oxygen atoms in total. The molecule has 0 atom stereocenters. The van der Waals surface area contributed by atoms with Crippen LogP contribution < -0.4 is 0 Å². The normalized spacial score (nSPS) is 14.8. The molecule has 1 heterocycles. The quantitative estimate of drug-likeness (QED) is 0.485. The van der Waals surface area contributed by atoms with E-state index in [-0.39, 0.29) is 5.41 Å². The number of fused-ring (bicyclic) bond motifs is 3. The van der Waals surface area contributed by atoms with Crippen LogP contribution in [0, 0.1) is 0 Å². The third kappa shape index (κ3) is 2.18. The molecule has 1 heteroatoms. The van der Waals surface area contributed by atoms with Crippen LogP contribution in [0.15, 0.2) is 54.6 Å². The van der Waals surface area contributed by atoms with E-state index in [4.69, 9.17) is 0 Å². The largest absolute Gasteiger partial charge is 0.140 e. The lowest BCUT2D eigenvalue weighted by molar-refractivity contribution is 0.660. The molecule has 0 spiro atoms. The smallest absolute Gasteiger partial charge is 0.0345 e. The van der Waals surface area contributed by atoms with Crippen molar-refractivity contribution < 1.29 is 0 Å². The fourth-order valence-electron chi connectivity index (χ4n) is 3.68. The minimum atomic E-state index is 0.0834. The summed E-state index contributed by atoms with van der Waals surface area (Å²) in [7, 11) is 0. The summed E-state index contributed by atoms with van der Waals surface area (Å²) in [6.45, 7) is 9.21.